The maximum Gasteiger partial charge on any atom is 0.416 e. The third kappa shape index (κ3) is 4.24. The predicted octanol–water partition coefficient (Wildman–Crippen LogP) is 5.50. The number of carbonyl (C=O) groups is 1. The lowest BCUT2D eigenvalue weighted by Crippen LogP contribution is -2.05. The number of carboxylic acids is 1. The van der Waals surface area contributed by atoms with E-state index in [1.165, 1.54) is 12.1 Å². The molecule has 3 aromatic rings. The molecule has 0 unspecified atom stereocenters. The number of alkyl halides is 3. The van der Waals surface area contributed by atoms with E-state index in [0.29, 0.717) is 24.1 Å². The second kappa shape index (κ2) is 7.34. The molecule has 0 radical (unpaired) electrons. The van der Waals surface area contributed by atoms with Crippen molar-refractivity contribution in [3.05, 3.63) is 64.9 Å². The number of aryl methyl sites for hydroxylation is 2. The first-order chi connectivity index (χ1) is 12.8. The Morgan fingerprint density at radius 1 is 1.15 bits per heavy atom. The number of aromatic carboxylic acids is 1. The van der Waals surface area contributed by atoms with Crippen LogP contribution >= 0.6 is 0 Å². The molecule has 0 aliphatic carbocycles. The molecule has 0 aliphatic heterocycles. The minimum atomic E-state index is -4.32. The Morgan fingerprint density at radius 3 is 2.48 bits per heavy atom. The molecule has 7 heteroatoms. The van der Waals surface area contributed by atoms with Gasteiger partial charge in [0.15, 0.2) is 0 Å². The third-order valence-corrected chi connectivity index (χ3v) is 4.38. The average molecular weight is 377 g/mol. The molecule has 1 heterocycles. The number of hydrogen-bond donors (Lipinski definition) is 2. The number of halogens is 3. The van der Waals surface area contributed by atoms with Crippen LogP contribution < -0.4 is 5.32 Å². The van der Waals surface area contributed by atoms with Crippen LogP contribution in [0, 0.1) is 6.92 Å². The fourth-order valence-corrected chi connectivity index (χ4v) is 2.92. The molecule has 27 heavy (non-hydrogen) atoms. The Morgan fingerprint density at radius 2 is 1.85 bits per heavy atom. The largest absolute Gasteiger partial charge is 0.475 e. The second-order valence-electron chi connectivity index (χ2n) is 6.30. The van der Waals surface area contributed by atoms with Gasteiger partial charge in [0, 0.05) is 23.2 Å². The van der Waals surface area contributed by atoms with Gasteiger partial charge < -0.3 is 14.8 Å². The van der Waals surface area contributed by atoms with Gasteiger partial charge >= 0.3 is 12.1 Å². The lowest BCUT2D eigenvalue weighted by molar-refractivity contribution is -0.137. The SMILES string of the molecule is Cc1c(C(=O)O)oc2ccc(NCCCc3ccc(C(F)(F)F)cc3)cc12. The van der Waals surface area contributed by atoms with E-state index in [4.69, 9.17) is 9.52 Å². The van der Waals surface area contributed by atoms with E-state index in [1.54, 1.807) is 19.1 Å². The summed E-state index contributed by atoms with van der Waals surface area (Å²) in [6.07, 6.45) is -2.92. The standard InChI is InChI=1S/C20H18F3NO3/c1-12-16-11-15(8-9-17(16)27-18(12)19(25)26)24-10-2-3-13-4-6-14(7-5-13)20(21,22)23/h4-9,11,24H,2-3,10H2,1H3,(H,25,26). The van der Waals surface area contributed by atoms with Crippen molar-refractivity contribution < 1.29 is 27.5 Å². The van der Waals surface area contributed by atoms with Crippen molar-refractivity contribution >= 4 is 22.6 Å². The first-order valence-corrected chi connectivity index (χ1v) is 8.42. The van der Waals surface area contributed by atoms with Crippen molar-refractivity contribution in [3.63, 3.8) is 0 Å². The summed E-state index contributed by atoms with van der Waals surface area (Å²) < 4.78 is 43.0. The smallest absolute Gasteiger partial charge is 0.416 e. The van der Waals surface area contributed by atoms with Crippen molar-refractivity contribution in [2.75, 3.05) is 11.9 Å². The zero-order valence-electron chi connectivity index (χ0n) is 14.6. The van der Waals surface area contributed by atoms with E-state index < -0.39 is 17.7 Å². The maximum atomic E-state index is 12.5. The van der Waals surface area contributed by atoms with Gasteiger partial charge in [-0.25, -0.2) is 4.79 Å². The van der Waals surface area contributed by atoms with Crippen molar-refractivity contribution in [1.29, 1.82) is 0 Å². The van der Waals surface area contributed by atoms with Crippen molar-refractivity contribution in [1.82, 2.24) is 0 Å². The Kier molecular flexibility index (Phi) is 5.12. The van der Waals surface area contributed by atoms with Gasteiger partial charge in [-0.1, -0.05) is 12.1 Å². The number of hydrogen-bond acceptors (Lipinski definition) is 3. The number of anilines is 1. The van der Waals surface area contributed by atoms with Gasteiger partial charge in [0.2, 0.25) is 5.76 Å². The minimum absolute atomic E-state index is 0.0653. The molecule has 0 saturated carbocycles. The van der Waals surface area contributed by atoms with Crippen molar-refractivity contribution in [2.45, 2.75) is 25.9 Å². The molecule has 0 aliphatic rings. The van der Waals surface area contributed by atoms with Crippen LogP contribution in [0.25, 0.3) is 11.0 Å². The summed E-state index contributed by atoms with van der Waals surface area (Å²) in [6.45, 7) is 2.33. The van der Waals surface area contributed by atoms with Crippen LogP contribution in [0.15, 0.2) is 46.9 Å². The molecule has 0 amide bonds. The molecule has 1 aromatic heterocycles. The van der Waals surface area contributed by atoms with E-state index >= 15 is 0 Å². The fourth-order valence-electron chi connectivity index (χ4n) is 2.92. The van der Waals surface area contributed by atoms with Gasteiger partial charge in [-0.3, -0.25) is 0 Å². The number of benzene rings is 2. The zero-order chi connectivity index (χ0) is 19.6. The summed E-state index contributed by atoms with van der Waals surface area (Å²) >= 11 is 0. The van der Waals surface area contributed by atoms with Crippen LogP contribution in [0.5, 0.6) is 0 Å². The predicted molar refractivity (Wildman–Crippen MR) is 96.2 cm³/mol. The maximum absolute atomic E-state index is 12.5. The van der Waals surface area contributed by atoms with Crippen molar-refractivity contribution in [3.8, 4) is 0 Å². The second-order valence-corrected chi connectivity index (χ2v) is 6.30. The summed E-state index contributed by atoms with van der Waals surface area (Å²) in [6, 6.07) is 10.5. The Bertz CT molecular complexity index is 959. The average Bonchev–Trinajstić information content (AvgIpc) is 2.95. The van der Waals surface area contributed by atoms with Gasteiger partial charge in [0.05, 0.1) is 5.56 Å². The highest BCUT2D eigenvalue weighted by Gasteiger charge is 2.29. The molecule has 0 spiro atoms. The van der Waals surface area contributed by atoms with E-state index in [2.05, 4.69) is 5.32 Å². The monoisotopic (exact) mass is 377 g/mol. The Balaban J connectivity index is 1.57. The molecular weight excluding hydrogens is 359 g/mol. The number of furan rings is 1. The van der Waals surface area contributed by atoms with E-state index in [1.807, 2.05) is 6.07 Å². The molecule has 2 aromatic carbocycles. The molecule has 3 rings (SSSR count). The molecular formula is C20H18F3NO3. The summed E-state index contributed by atoms with van der Waals surface area (Å²) in [5, 5.41) is 13.1. The van der Waals surface area contributed by atoms with Gasteiger partial charge in [-0.15, -0.1) is 0 Å². The topological polar surface area (TPSA) is 62.5 Å². The van der Waals surface area contributed by atoms with E-state index in [0.717, 1.165) is 35.2 Å². The van der Waals surface area contributed by atoms with Gasteiger partial charge in [0.25, 0.3) is 0 Å². The molecule has 0 fully saturated rings. The highest BCUT2D eigenvalue weighted by molar-refractivity contribution is 5.95. The first kappa shape index (κ1) is 18.8. The zero-order valence-corrected chi connectivity index (χ0v) is 14.6. The molecule has 0 atom stereocenters. The highest BCUT2D eigenvalue weighted by atomic mass is 19.4. The van der Waals surface area contributed by atoms with Crippen LogP contribution in [0.3, 0.4) is 0 Å². The number of nitrogens with one attached hydrogen (secondary N) is 1. The highest BCUT2D eigenvalue weighted by Crippen LogP contribution is 2.29. The molecule has 142 valence electrons. The lowest BCUT2D eigenvalue weighted by atomic mass is 10.1. The van der Waals surface area contributed by atoms with Crippen molar-refractivity contribution in [2.24, 2.45) is 0 Å². The van der Waals surface area contributed by atoms with Crippen LogP contribution in [0.4, 0.5) is 18.9 Å². The first-order valence-electron chi connectivity index (χ1n) is 8.42. The Hall–Kier alpha value is -2.96. The van der Waals surface area contributed by atoms with E-state index in [-0.39, 0.29) is 5.76 Å². The normalized spacial score (nSPS) is 11.7. The minimum Gasteiger partial charge on any atom is -0.475 e. The van der Waals surface area contributed by atoms with E-state index in [9.17, 15) is 18.0 Å². The molecule has 0 saturated heterocycles. The molecule has 4 nitrogen and oxygen atoms in total. The summed E-state index contributed by atoms with van der Waals surface area (Å²) in [4.78, 5) is 11.1. The van der Waals surface area contributed by atoms with Crippen LogP contribution in [0.2, 0.25) is 0 Å². The molecule has 0 bridgehead atoms. The van der Waals surface area contributed by atoms with Crippen LogP contribution in [-0.2, 0) is 12.6 Å². The third-order valence-electron chi connectivity index (χ3n) is 4.38. The van der Waals surface area contributed by atoms with Crippen LogP contribution in [0.1, 0.15) is 33.7 Å². The number of rotatable bonds is 6. The lowest BCUT2D eigenvalue weighted by Gasteiger charge is -2.09. The Labute approximate surface area is 153 Å². The summed E-state index contributed by atoms with van der Waals surface area (Å²) in [5.74, 6) is -1.17. The number of carboxylic acid groups (broad SMARTS) is 1. The number of fused-ring (bicyclic) bond motifs is 1. The molecule has 2 N–H and O–H groups in total. The summed E-state index contributed by atoms with van der Waals surface area (Å²) in [7, 11) is 0. The van der Waals surface area contributed by atoms with Crippen LogP contribution in [-0.4, -0.2) is 17.6 Å². The van der Waals surface area contributed by atoms with Gasteiger partial charge in [0.1, 0.15) is 5.58 Å². The fraction of sp³-hybridized carbons (Fsp3) is 0.250. The summed E-state index contributed by atoms with van der Waals surface area (Å²) in [5.41, 5.74) is 2.12. The van der Waals surface area contributed by atoms with Gasteiger partial charge in [-0.2, -0.15) is 13.2 Å². The quantitative estimate of drug-likeness (QED) is 0.557. The van der Waals surface area contributed by atoms with Gasteiger partial charge in [-0.05, 0) is 55.7 Å².